The zero-order chi connectivity index (χ0) is 14.7. The summed E-state index contributed by atoms with van der Waals surface area (Å²) in [5.41, 5.74) is 11.4. The van der Waals surface area contributed by atoms with Gasteiger partial charge in [-0.3, -0.25) is 4.79 Å². The van der Waals surface area contributed by atoms with Gasteiger partial charge in [0.05, 0.1) is 6.42 Å². The van der Waals surface area contributed by atoms with Gasteiger partial charge >= 0.3 is 5.97 Å². The number of benzene rings is 2. The molecule has 0 heterocycles. The highest BCUT2D eigenvalue weighted by molar-refractivity contribution is 5.70. The average molecular weight is 269 g/mol. The Bertz CT molecular complexity index is 635. The maximum Gasteiger partial charge on any atom is 0.305 e. The van der Waals surface area contributed by atoms with Crippen LogP contribution in [0.4, 0.5) is 0 Å². The minimum atomic E-state index is -0.880. The normalized spacial score (nSPS) is 12.2. The smallest absolute Gasteiger partial charge is 0.305 e. The predicted molar refractivity (Wildman–Crippen MR) is 80.5 cm³/mol. The molecule has 0 radical (unpaired) electrons. The lowest BCUT2D eigenvalue weighted by atomic mass is 9.95. The SMILES string of the molecule is Cc1ccc(C)c(-c2cccc([C@@H](N)CC(=O)O)c2)c1. The Labute approximate surface area is 119 Å². The summed E-state index contributed by atoms with van der Waals surface area (Å²) in [6, 6.07) is 13.6. The molecule has 0 spiro atoms. The number of carboxylic acid groups (broad SMARTS) is 1. The minimum Gasteiger partial charge on any atom is -0.481 e. The van der Waals surface area contributed by atoms with Crippen LogP contribution in [-0.2, 0) is 4.79 Å². The monoisotopic (exact) mass is 269 g/mol. The number of carbonyl (C=O) groups is 1. The number of rotatable bonds is 4. The van der Waals surface area contributed by atoms with Crippen molar-refractivity contribution in [2.75, 3.05) is 0 Å². The van der Waals surface area contributed by atoms with Crippen LogP contribution in [0.15, 0.2) is 42.5 Å². The van der Waals surface area contributed by atoms with E-state index < -0.39 is 12.0 Å². The molecule has 0 bridgehead atoms. The zero-order valence-electron chi connectivity index (χ0n) is 11.8. The van der Waals surface area contributed by atoms with Crippen molar-refractivity contribution in [2.24, 2.45) is 5.73 Å². The Morgan fingerprint density at radius 1 is 1.20 bits per heavy atom. The number of aliphatic carboxylic acids is 1. The summed E-state index contributed by atoms with van der Waals surface area (Å²) >= 11 is 0. The zero-order valence-corrected chi connectivity index (χ0v) is 11.8. The van der Waals surface area contributed by atoms with Gasteiger partial charge in [0.25, 0.3) is 0 Å². The fourth-order valence-electron chi connectivity index (χ4n) is 2.29. The average Bonchev–Trinajstić information content (AvgIpc) is 2.41. The van der Waals surface area contributed by atoms with Gasteiger partial charge in [-0.2, -0.15) is 0 Å². The molecule has 0 aliphatic rings. The second-order valence-corrected chi connectivity index (χ2v) is 5.15. The van der Waals surface area contributed by atoms with E-state index in [1.165, 1.54) is 11.1 Å². The van der Waals surface area contributed by atoms with E-state index in [0.717, 1.165) is 16.7 Å². The summed E-state index contributed by atoms with van der Waals surface area (Å²) in [6.45, 7) is 4.13. The van der Waals surface area contributed by atoms with Crippen molar-refractivity contribution in [2.45, 2.75) is 26.3 Å². The van der Waals surface area contributed by atoms with Crippen LogP contribution in [0.3, 0.4) is 0 Å². The van der Waals surface area contributed by atoms with Crippen molar-refractivity contribution < 1.29 is 9.90 Å². The molecule has 2 rings (SSSR count). The maximum absolute atomic E-state index is 10.8. The van der Waals surface area contributed by atoms with Crippen molar-refractivity contribution in [1.82, 2.24) is 0 Å². The Morgan fingerprint density at radius 2 is 1.95 bits per heavy atom. The molecule has 3 nitrogen and oxygen atoms in total. The topological polar surface area (TPSA) is 63.3 Å². The van der Waals surface area contributed by atoms with Gasteiger partial charge < -0.3 is 10.8 Å². The lowest BCUT2D eigenvalue weighted by molar-refractivity contribution is -0.137. The highest BCUT2D eigenvalue weighted by Gasteiger charge is 2.12. The molecule has 0 amide bonds. The van der Waals surface area contributed by atoms with Crippen LogP contribution in [0.1, 0.15) is 29.2 Å². The molecule has 3 heteroatoms. The molecule has 0 saturated heterocycles. The lowest BCUT2D eigenvalue weighted by Gasteiger charge is -2.13. The van der Waals surface area contributed by atoms with Crippen LogP contribution in [-0.4, -0.2) is 11.1 Å². The maximum atomic E-state index is 10.8. The van der Waals surface area contributed by atoms with Crippen LogP contribution >= 0.6 is 0 Å². The van der Waals surface area contributed by atoms with Crippen LogP contribution in [0.25, 0.3) is 11.1 Å². The first-order chi connectivity index (χ1) is 9.47. The summed E-state index contributed by atoms with van der Waals surface area (Å²) in [4.78, 5) is 10.8. The summed E-state index contributed by atoms with van der Waals surface area (Å²) in [5, 5.41) is 8.83. The third kappa shape index (κ3) is 3.25. The third-order valence-electron chi connectivity index (χ3n) is 3.41. The second kappa shape index (κ2) is 5.88. The summed E-state index contributed by atoms with van der Waals surface area (Å²) in [7, 11) is 0. The Kier molecular flexibility index (Phi) is 4.20. The van der Waals surface area contributed by atoms with Crippen LogP contribution in [0, 0.1) is 13.8 Å². The molecule has 0 aliphatic heterocycles. The molecule has 0 saturated carbocycles. The van der Waals surface area contributed by atoms with Gasteiger partial charge in [-0.25, -0.2) is 0 Å². The fourth-order valence-corrected chi connectivity index (χ4v) is 2.29. The largest absolute Gasteiger partial charge is 0.481 e. The molecule has 3 N–H and O–H groups in total. The Hall–Kier alpha value is -2.13. The molecule has 0 aliphatic carbocycles. The van der Waals surface area contributed by atoms with Crippen molar-refractivity contribution in [3.8, 4) is 11.1 Å². The van der Waals surface area contributed by atoms with Gasteiger partial charge in [-0.05, 0) is 42.2 Å². The molecule has 0 unspecified atom stereocenters. The molecule has 0 fully saturated rings. The number of hydrogen-bond donors (Lipinski definition) is 2. The van der Waals surface area contributed by atoms with Gasteiger partial charge in [-0.15, -0.1) is 0 Å². The quantitative estimate of drug-likeness (QED) is 0.893. The third-order valence-corrected chi connectivity index (χ3v) is 3.41. The lowest BCUT2D eigenvalue weighted by Crippen LogP contribution is -2.14. The molecule has 104 valence electrons. The Balaban J connectivity index is 2.39. The van der Waals surface area contributed by atoms with E-state index in [2.05, 4.69) is 32.0 Å². The van der Waals surface area contributed by atoms with Crippen molar-refractivity contribution in [3.05, 3.63) is 59.2 Å². The summed E-state index contributed by atoms with van der Waals surface area (Å²) in [5.74, 6) is -0.880. The number of nitrogens with two attached hydrogens (primary N) is 1. The van der Waals surface area contributed by atoms with Crippen LogP contribution in [0.5, 0.6) is 0 Å². The summed E-state index contributed by atoms with van der Waals surface area (Å²) < 4.78 is 0. The van der Waals surface area contributed by atoms with E-state index in [1.807, 2.05) is 24.3 Å². The number of carboxylic acids is 1. The number of hydrogen-bond acceptors (Lipinski definition) is 2. The van der Waals surface area contributed by atoms with E-state index in [-0.39, 0.29) is 6.42 Å². The van der Waals surface area contributed by atoms with Crippen molar-refractivity contribution >= 4 is 5.97 Å². The van der Waals surface area contributed by atoms with E-state index in [0.29, 0.717) is 0 Å². The van der Waals surface area contributed by atoms with E-state index in [1.54, 1.807) is 0 Å². The molecular weight excluding hydrogens is 250 g/mol. The first-order valence-corrected chi connectivity index (χ1v) is 6.62. The highest BCUT2D eigenvalue weighted by atomic mass is 16.4. The summed E-state index contributed by atoms with van der Waals surface area (Å²) in [6.07, 6.45) is -0.0593. The standard InChI is InChI=1S/C17H19NO2/c1-11-6-7-12(2)15(8-11)13-4-3-5-14(9-13)16(18)10-17(19)20/h3-9,16H,10,18H2,1-2H3,(H,19,20)/t16-/m0/s1. The van der Waals surface area contributed by atoms with Gasteiger partial charge in [0.2, 0.25) is 0 Å². The molecule has 2 aromatic rings. The molecule has 1 atom stereocenters. The van der Waals surface area contributed by atoms with Crippen LogP contribution in [0.2, 0.25) is 0 Å². The second-order valence-electron chi connectivity index (χ2n) is 5.15. The minimum absolute atomic E-state index is 0.0593. The van der Waals surface area contributed by atoms with Crippen molar-refractivity contribution in [1.29, 1.82) is 0 Å². The Morgan fingerprint density at radius 3 is 2.65 bits per heavy atom. The predicted octanol–water partition coefficient (Wildman–Crippen LogP) is 3.44. The number of aryl methyl sites for hydroxylation is 2. The fraction of sp³-hybridized carbons (Fsp3) is 0.235. The van der Waals surface area contributed by atoms with Crippen LogP contribution < -0.4 is 5.73 Å². The first kappa shape index (κ1) is 14.3. The van der Waals surface area contributed by atoms with Gasteiger partial charge in [0, 0.05) is 6.04 Å². The van der Waals surface area contributed by atoms with E-state index in [4.69, 9.17) is 10.8 Å². The molecule has 0 aromatic heterocycles. The van der Waals surface area contributed by atoms with Crippen molar-refractivity contribution in [3.63, 3.8) is 0 Å². The van der Waals surface area contributed by atoms with E-state index >= 15 is 0 Å². The molecular formula is C17H19NO2. The van der Waals surface area contributed by atoms with Gasteiger partial charge in [-0.1, -0.05) is 42.0 Å². The highest BCUT2D eigenvalue weighted by Crippen LogP contribution is 2.27. The van der Waals surface area contributed by atoms with Gasteiger partial charge in [0.15, 0.2) is 0 Å². The molecule has 20 heavy (non-hydrogen) atoms. The van der Waals surface area contributed by atoms with E-state index in [9.17, 15) is 4.79 Å². The molecule has 2 aromatic carbocycles. The first-order valence-electron chi connectivity index (χ1n) is 6.62. The van der Waals surface area contributed by atoms with Gasteiger partial charge in [0.1, 0.15) is 0 Å².